The molecule has 0 aliphatic carbocycles. The van der Waals surface area contributed by atoms with Crippen LogP contribution in [0, 0.1) is 10.1 Å². The molecule has 2 aliphatic rings. The number of hydrogen-bond donors (Lipinski definition) is 1. The number of nitrogens with zero attached hydrogens (tertiary/aromatic N) is 4. The summed E-state index contributed by atoms with van der Waals surface area (Å²) in [4.78, 5) is 41.8. The second-order valence-corrected chi connectivity index (χ2v) is 6.82. The number of carbonyl (C=O) groups is 2. The number of amidine groups is 1. The van der Waals surface area contributed by atoms with Gasteiger partial charge in [-0.15, -0.1) is 0 Å². The molecule has 10 heteroatoms. The first-order valence-electron chi connectivity index (χ1n) is 7.85. The maximum Gasteiger partial charge on any atom is 0.311 e. The van der Waals surface area contributed by atoms with E-state index in [0.717, 1.165) is 0 Å². The van der Waals surface area contributed by atoms with Gasteiger partial charge in [0.2, 0.25) is 5.91 Å². The lowest BCUT2D eigenvalue weighted by Gasteiger charge is -2.34. The third-order valence-corrected chi connectivity index (χ3v) is 5.14. The van der Waals surface area contributed by atoms with Gasteiger partial charge in [-0.3, -0.25) is 19.7 Å². The molecule has 3 rings (SSSR count). The van der Waals surface area contributed by atoms with Crippen LogP contribution in [0.15, 0.2) is 28.1 Å². The lowest BCUT2D eigenvalue weighted by Crippen LogP contribution is -2.49. The normalized spacial score (nSPS) is 19.0. The first kappa shape index (κ1) is 17.9. The van der Waals surface area contributed by atoms with E-state index in [1.807, 2.05) is 4.90 Å². The molecule has 1 saturated heterocycles. The zero-order valence-electron chi connectivity index (χ0n) is 13.9. The van der Waals surface area contributed by atoms with Gasteiger partial charge >= 0.3 is 5.69 Å². The predicted molar refractivity (Wildman–Crippen MR) is 96.6 cm³/mol. The van der Waals surface area contributed by atoms with Gasteiger partial charge in [0.15, 0.2) is 10.9 Å². The van der Waals surface area contributed by atoms with Gasteiger partial charge in [-0.25, -0.2) is 0 Å². The molecule has 0 unspecified atom stereocenters. The van der Waals surface area contributed by atoms with E-state index in [4.69, 9.17) is 0 Å². The van der Waals surface area contributed by atoms with E-state index in [2.05, 4.69) is 4.99 Å². The van der Waals surface area contributed by atoms with Crippen LogP contribution in [0.1, 0.15) is 12.5 Å². The summed E-state index contributed by atoms with van der Waals surface area (Å²) in [6.07, 6.45) is 1.52. The fourth-order valence-electron chi connectivity index (χ4n) is 2.67. The number of rotatable bonds is 2. The monoisotopic (exact) mass is 376 g/mol. The van der Waals surface area contributed by atoms with E-state index in [1.54, 1.807) is 4.90 Å². The van der Waals surface area contributed by atoms with Gasteiger partial charge in [0.25, 0.3) is 5.91 Å². The zero-order chi connectivity index (χ0) is 18.8. The molecule has 0 spiro atoms. The summed E-state index contributed by atoms with van der Waals surface area (Å²) in [6.45, 7) is 3.87. The van der Waals surface area contributed by atoms with Crippen molar-refractivity contribution in [3.05, 3.63) is 38.8 Å². The molecule has 0 aromatic heterocycles. The van der Waals surface area contributed by atoms with E-state index in [1.165, 1.54) is 43.0 Å². The number of hydrogen-bond acceptors (Lipinski definition) is 7. The summed E-state index contributed by atoms with van der Waals surface area (Å²) in [7, 11) is 0. The molecule has 2 aliphatic heterocycles. The Kier molecular flexibility index (Phi) is 4.94. The second kappa shape index (κ2) is 7.16. The number of nitro benzene ring substituents is 1. The van der Waals surface area contributed by atoms with Crippen molar-refractivity contribution < 1.29 is 19.6 Å². The highest BCUT2D eigenvalue weighted by atomic mass is 32.2. The van der Waals surface area contributed by atoms with E-state index < -0.39 is 22.3 Å². The summed E-state index contributed by atoms with van der Waals surface area (Å²) in [6, 6.07) is 3.92. The standard InChI is InChI=1S/C16H16N4O5S/c1-10(21)18-4-6-19(7-5-18)16-17-15(23)14(26-16)9-11-2-3-13(22)12(8-11)20(24)25/h2-3,8-9,22H,4-7H2,1H3. The molecule has 0 saturated carbocycles. The van der Waals surface area contributed by atoms with Crippen molar-refractivity contribution in [3.63, 3.8) is 0 Å². The average Bonchev–Trinajstić information content (AvgIpc) is 2.97. The number of carbonyl (C=O) groups excluding carboxylic acids is 2. The fraction of sp³-hybridized carbons (Fsp3) is 0.312. The van der Waals surface area contributed by atoms with Crippen LogP contribution in [0.25, 0.3) is 6.08 Å². The van der Waals surface area contributed by atoms with Gasteiger partial charge in [0.1, 0.15) is 0 Å². The molecule has 1 aromatic rings. The minimum absolute atomic E-state index is 0.0243. The molecule has 2 heterocycles. The molecule has 26 heavy (non-hydrogen) atoms. The number of amides is 2. The number of benzene rings is 1. The Labute approximate surface area is 153 Å². The third-order valence-electron chi connectivity index (χ3n) is 4.10. The number of phenolic OH excluding ortho intramolecular Hbond substituents is 1. The number of thioether (sulfide) groups is 1. The first-order valence-corrected chi connectivity index (χ1v) is 8.67. The maximum atomic E-state index is 12.1. The van der Waals surface area contributed by atoms with Crippen LogP contribution in [0.3, 0.4) is 0 Å². The number of aromatic hydroxyl groups is 1. The number of nitro groups is 1. The molecule has 2 amide bonds. The van der Waals surface area contributed by atoms with Crippen LogP contribution in [-0.2, 0) is 9.59 Å². The summed E-state index contributed by atoms with van der Waals surface area (Å²) in [5.41, 5.74) is 0.0134. The number of piperazine rings is 1. The topological polar surface area (TPSA) is 116 Å². The van der Waals surface area contributed by atoms with Gasteiger partial charge < -0.3 is 14.9 Å². The van der Waals surface area contributed by atoms with E-state index >= 15 is 0 Å². The van der Waals surface area contributed by atoms with Crippen molar-refractivity contribution in [2.75, 3.05) is 26.2 Å². The maximum absolute atomic E-state index is 12.1. The van der Waals surface area contributed by atoms with Crippen LogP contribution in [0.2, 0.25) is 0 Å². The highest BCUT2D eigenvalue weighted by molar-refractivity contribution is 8.18. The molecule has 1 fully saturated rings. The molecular formula is C16H16N4O5S. The van der Waals surface area contributed by atoms with Gasteiger partial charge in [-0.1, -0.05) is 6.07 Å². The minimum atomic E-state index is -0.683. The van der Waals surface area contributed by atoms with Gasteiger partial charge in [0, 0.05) is 39.2 Å². The number of aliphatic imine (C=N–C) groups is 1. The van der Waals surface area contributed by atoms with Crippen molar-refractivity contribution in [2.45, 2.75) is 6.92 Å². The Bertz CT molecular complexity index is 843. The van der Waals surface area contributed by atoms with Crippen LogP contribution >= 0.6 is 11.8 Å². The van der Waals surface area contributed by atoms with Gasteiger partial charge in [-0.2, -0.15) is 4.99 Å². The summed E-state index contributed by atoms with van der Waals surface area (Å²) < 4.78 is 0. The summed E-state index contributed by atoms with van der Waals surface area (Å²) >= 11 is 1.20. The quantitative estimate of drug-likeness (QED) is 0.471. The van der Waals surface area contributed by atoms with Crippen LogP contribution in [0.4, 0.5) is 5.69 Å². The lowest BCUT2D eigenvalue weighted by molar-refractivity contribution is -0.385. The summed E-state index contributed by atoms with van der Waals surface area (Å²) in [5.74, 6) is -0.811. The minimum Gasteiger partial charge on any atom is -0.502 e. The first-order chi connectivity index (χ1) is 12.3. The van der Waals surface area contributed by atoms with Crippen LogP contribution in [-0.4, -0.2) is 63.0 Å². The smallest absolute Gasteiger partial charge is 0.311 e. The highest BCUT2D eigenvalue weighted by Crippen LogP contribution is 2.33. The average molecular weight is 376 g/mol. The third kappa shape index (κ3) is 3.69. The molecular weight excluding hydrogens is 360 g/mol. The van der Waals surface area contributed by atoms with Crippen molar-refractivity contribution in [3.8, 4) is 5.75 Å². The van der Waals surface area contributed by atoms with Gasteiger partial charge in [-0.05, 0) is 29.5 Å². The molecule has 0 radical (unpaired) electrons. The summed E-state index contributed by atoms with van der Waals surface area (Å²) in [5, 5.41) is 21.0. The Balaban J connectivity index is 1.72. The van der Waals surface area contributed by atoms with Crippen LogP contribution < -0.4 is 0 Å². The number of phenols is 1. The van der Waals surface area contributed by atoms with Crippen molar-refractivity contribution in [1.82, 2.24) is 9.80 Å². The Hall–Kier alpha value is -2.88. The van der Waals surface area contributed by atoms with E-state index in [-0.39, 0.29) is 5.91 Å². The largest absolute Gasteiger partial charge is 0.502 e. The zero-order valence-corrected chi connectivity index (χ0v) is 14.7. The lowest BCUT2D eigenvalue weighted by atomic mass is 10.1. The van der Waals surface area contributed by atoms with Crippen molar-refractivity contribution >= 4 is 40.5 Å². The van der Waals surface area contributed by atoms with Crippen LogP contribution in [0.5, 0.6) is 5.75 Å². The molecule has 136 valence electrons. The molecule has 0 atom stereocenters. The fourth-order valence-corrected chi connectivity index (χ4v) is 3.64. The molecule has 1 aromatic carbocycles. The predicted octanol–water partition coefficient (Wildman–Crippen LogP) is 1.43. The molecule has 1 N–H and O–H groups in total. The van der Waals surface area contributed by atoms with Gasteiger partial charge in [0.05, 0.1) is 9.83 Å². The molecule has 0 bridgehead atoms. The molecule has 9 nitrogen and oxygen atoms in total. The SMILES string of the molecule is CC(=O)N1CCN(C2=NC(=O)C(=Cc3ccc(O)c([N+](=O)[O-])c3)S2)CC1. The second-order valence-electron chi connectivity index (χ2n) is 5.81. The Morgan fingerprint density at radius 3 is 2.65 bits per heavy atom. The highest BCUT2D eigenvalue weighted by Gasteiger charge is 2.29. The van der Waals surface area contributed by atoms with Crippen molar-refractivity contribution in [1.29, 1.82) is 0 Å². The van der Waals surface area contributed by atoms with Crippen molar-refractivity contribution in [2.24, 2.45) is 4.99 Å². The Morgan fingerprint density at radius 2 is 2.04 bits per heavy atom. The Morgan fingerprint density at radius 1 is 1.35 bits per heavy atom. The van der Waals surface area contributed by atoms with E-state index in [9.17, 15) is 24.8 Å². The van der Waals surface area contributed by atoms with E-state index in [0.29, 0.717) is 41.8 Å².